The predicted octanol–water partition coefficient (Wildman–Crippen LogP) is 2.98. The Bertz CT molecular complexity index is 670. The van der Waals surface area contributed by atoms with Crippen molar-refractivity contribution in [3.63, 3.8) is 0 Å². The van der Waals surface area contributed by atoms with Crippen LogP contribution in [0, 0.1) is 0 Å². The molecule has 0 radical (unpaired) electrons. The molecule has 0 atom stereocenters. The smallest absolute Gasteiger partial charge is 0.259 e. The molecule has 0 spiro atoms. The third-order valence-electron chi connectivity index (χ3n) is 5.40. The molecule has 1 saturated heterocycles. The molecule has 1 aliphatic carbocycles. The molecule has 2 aromatic heterocycles. The maximum absolute atomic E-state index is 6.05. The Labute approximate surface area is 141 Å². The number of rotatable bonds is 5. The minimum atomic E-state index is -0.499. The topological polar surface area (TPSA) is 70.3 Å². The minimum absolute atomic E-state index is 0.136. The van der Waals surface area contributed by atoms with E-state index in [1.807, 2.05) is 19.3 Å². The molecule has 0 amide bonds. The zero-order chi connectivity index (χ0) is 16.5. The largest absolute Gasteiger partial charge is 0.381 e. The maximum Gasteiger partial charge on any atom is 0.259 e. The summed E-state index contributed by atoms with van der Waals surface area (Å²) in [5.74, 6) is 1.38. The van der Waals surface area contributed by atoms with Crippen LogP contribution in [0.1, 0.15) is 56.3 Å². The number of hydrogen-bond acceptors (Lipinski definition) is 6. The normalized spacial score (nSPS) is 22.0. The van der Waals surface area contributed by atoms with Crippen LogP contribution in [0.2, 0.25) is 0 Å². The summed E-state index contributed by atoms with van der Waals surface area (Å²) in [6.07, 6.45) is 8.43. The quantitative estimate of drug-likeness (QED) is 0.840. The van der Waals surface area contributed by atoms with Gasteiger partial charge in [0.2, 0.25) is 0 Å². The van der Waals surface area contributed by atoms with Crippen LogP contribution in [0.5, 0.6) is 0 Å². The van der Waals surface area contributed by atoms with Crippen LogP contribution in [0.15, 0.2) is 29.0 Å². The Morgan fingerprint density at radius 2 is 1.88 bits per heavy atom. The van der Waals surface area contributed by atoms with E-state index in [-0.39, 0.29) is 5.41 Å². The SMILES string of the molecule is CCOC1(c2nc(C3(c4ccncc4)CCC3)no2)CCOCC1. The standard InChI is InChI=1S/C18H23N3O3/c1-2-23-18(8-12-22-13-9-18)16-20-15(21-24-16)17(6-3-7-17)14-4-10-19-11-5-14/h4-5,10-11H,2-3,6-9,12-13H2,1H3. The van der Waals surface area contributed by atoms with Crippen LogP contribution in [-0.2, 0) is 20.5 Å². The molecule has 0 unspecified atom stereocenters. The molecule has 2 aromatic rings. The molecule has 2 fully saturated rings. The average molecular weight is 329 g/mol. The lowest BCUT2D eigenvalue weighted by Gasteiger charge is -2.39. The summed E-state index contributed by atoms with van der Waals surface area (Å²) in [6.45, 7) is 3.94. The summed E-state index contributed by atoms with van der Waals surface area (Å²) in [5.41, 5.74) is 0.582. The molecule has 0 N–H and O–H groups in total. The number of hydrogen-bond donors (Lipinski definition) is 0. The Kier molecular flexibility index (Phi) is 4.10. The molecule has 0 aromatic carbocycles. The lowest BCUT2D eigenvalue weighted by atomic mass is 9.64. The van der Waals surface area contributed by atoms with Gasteiger partial charge < -0.3 is 14.0 Å². The molecule has 4 rings (SSSR count). The highest BCUT2D eigenvalue weighted by atomic mass is 16.5. The zero-order valence-electron chi connectivity index (χ0n) is 14.0. The van der Waals surface area contributed by atoms with Gasteiger partial charge in [0.05, 0.1) is 5.41 Å². The van der Waals surface area contributed by atoms with Gasteiger partial charge in [0.25, 0.3) is 5.89 Å². The van der Waals surface area contributed by atoms with Crippen molar-refractivity contribution in [2.75, 3.05) is 19.8 Å². The second-order valence-electron chi connectivity index (χ2n) is 6.63. The summed E-state index contributed by atoms with van der Waals surface area (Å²) in [5, 5.41) is 4.36. The van der Waals surface area contributed by atoms with Gasteiger partial charge in [0.1, 0.15) is 0 Å². The van der Waals surface area contributed by atoms with Crippen LogP contribution in [0.25, 0.3) is 0 Å². The third-order valence-corrected chi connectivity index (χ3v) is 5.40. The van der Waals surface area contributed by atoms with E-state index in [0.29, 0.717) is 25.7 Å². The molecule has 6 nitrogen and oxygen atoms in total. The molecule has 3 heterocycles. The van der Waals surface area contributed by atoms with Crippen molar-refractivity contribution in [3.8, 4) is 0 Å². The molecular weight excluding hydrogens is 306 g/mol. The van der Waals surface area contributed by atoms with Gasteiger partial charge in [-0.25, -0.2) is 0 Å². The summed E-state index contributed by atoms with van der Waals surface area (Å²) in [7, 11) is 0. The highest BCUT2D eigenvalue weighted by Gasteiger charge is 2.47. The van der Waals surface area contributed by atoms with E-state index < -0.39 is 5.60 Å². The summed E-state index contributed by atoms with van der Waals surface area (Å²) >= 11 is 0. The van der Waals surface area contributed by atoms with Crippen LogP contribution >= 0.6 is 0 Å². The Morgan fingerprint density at radius 3 is 2.50 bits per heavy atom. The minimum Gasteiger partial charge on any atom is -0.381 e. The van der Waals surface area contributed by atoms with E-state index in [2.05, 4.69) is 22.3 Å². The first-order valence-electron chi connectivity index (χ1n) is 8.76. The maximum atomic E-state index is 6.05. The predicted molar refractivity (Wildman–Crippen MR) is 86.5 cm³/mol. The first kappa shape index (κ1) is 15.7. The highest BCUT2D eigenvalue weighted by molar-refractivity contribution is 5.34. The van der Waals surface area contributed by atoms with Crippen molar-refractivity contribution in [3.05, 3.63) is 41.8 Å². The highest BCUT2D eigenvalue weighted by Crippen LogP contribution is 2.48. The fourth-order valence-corrected chi connectivity index (χ4v) is 3.84. The average Bonchev–Trinajstić information content (AvgIpc) is 3.07. The van der Waals surface area contributed by atoms with Gasteiger partial charge in [-0.05, 0) is 37.5 Å². The van der Waals surface area contributed by atoms with Gasteiger partial charge in [0, 0.05) is 45.1 Å². The first-order valence-corrected chi connectivity index (χ1v) is 8.76. The van der Waals surface area contributed by atoms with E-state index in [1.54, 1.807) is 0 Å². The molecule has 2 aliphatic rings. The molecule has 1 saturated carbocycles. The molecular formula is C18H23N3O3. The van der Waals surface area contributed by atoms with Crippen LogP contribution in [-0.4, -0.2) is 34.9 Å². The van der Waals surface area contributed by atoms with Crippen molar-refractivity contribution in [2.45, 2.75) is 50.0 Å². The van der Waals surface area contributed by atoms with E-state index in [4.69, 9.17) is 19.0 Å². The monoisotopic (exact) mass is 329 g/mol. The van der Waals surface area contributed by atoms with Crippen molar-refractivity contribution < 1.29 is 14.0 Å². The van der Waals surface area contributed by atoms with Crippen LogP contribution < -0.4 is 0 Å². The Morgan fingerprint density at radius 1 is 1.12 bits per heavy atom. The number of pyridine rings is 1. The molecule has 6 heteroatoms. The van der Waals surface area contributed by atoms with E-state index in [1.165, 1.54) is 12.0 Å². The van der Waals surface area contributed by atoms with Gasteiger partial charge in [-0.15, -0.1) is 0 Å². The van der Waals surface area contributed by atoms with Gasteiger partial charge in [0.15, 0.2) is 11.4 Å². The summed E-state index contributed by atoms with van der Waals surface area (Å²) in [6, 6.07) is 4.11. The number of aromatic nitrogens is 3. The fraction of sp³-hybridized carbons (Fsp3) is 0.611. The van der Waals surface area contributed by atoms with Crippen molar-refractivity contribution in [2.24, 2.45) is 0 Å². The van der Waals surface area contributed by atoms with Gasteiger partial charge in [-0.2, -0.15) is 4.98 Å². The Hall–Kier alpha value is -1.79. The molecule has 1 aliphatic heterocycles. The third kappa shape index (κ3) is 2.45. The zero-order valence-corrected chi connectivity index (χ0v) is 14.0. The molecule has 128 valence electrons. The van der Waals surface area contributed by atoms with Gasteiger partial charge in [-0.3, -0.25) is 4.98 Å². The molecule has 0 bridgehead atoms. The number of nitrogens with zero attached hydrogens (tertiary/aromatic N) is 3. The summed E-state index contributed by atoms with van der Waals surface area (Å²) in [4.78, 5) is 8.94. The Balaban J connectivity index is 1.69. The van der Waals surface area contributed by atoms with Crippen molar-refractivity contribution >= 4 is 0 Å². The second kappa shape index (κ2) is 6.26. The molecule has 24 heavy (non-hydrogen) atoms. The lowest BCUT2D eigenvalue weighted by molar-refractivity contribution is -0.128. The van der Waals surface area contributed by atoms with Gasteiger partial charge >= 0.3 is 0 Å². The van der Waals surface area contributed by atoms with Crippen molar-refractivity contribution in [1.82, 2.24) is 15.1 Å². The number of ether oxygens (including phenoxy) is 2. The first-order chi connectivity index (χ1) is 11.8. The van der Waals surface area contributed by atoms with Crippen LogP contribution in [0.4, 0.5) is 0 Å². The van der Waals surface area contributed by atoms with E-state index in [0.717, 1.165) is 31.5 Å². The fourth-order valence-electron chi connectivity index (χ4n) is 3.84. The summed E-state index contributed by atoms with van der Waals surface area (Å²) < 4.78 is 17.3. The van der Waals surface area contributed by atoms with Gasteiger partial charge in [-0.1, -0.05) is 11.6 Å². The van der Waals surface area contributed by atoms with E-state index >= 15 is 0 Å². The van der Waals surface area contributed by atoms with E-state index in [9.17, 15) is 0 Å². The second-order valence-corrected chi connectivity index (χ2v) is 6.63. The lowest BCUT2D eigenvalue weighted by Crippen LogP contribution is -2.38. The van der Waals surface area contributed by atoms with Crippen LogP contribution in [0.3, 0.4) is 0 Å². The van der Waals surface area contributed by atoms with Crippen molar-refractivity contribution in [1.29, 1.82) is 0 Å².